The first-order valence-electron chi connectivity index (χ1n) is 3.83. The molecule has 14 heavy (non-hydrogen) atoms. The summed E-state index contributed by atoms with van der Waals surface area (Å²) in [6.07, 6.45) is 7.33. The largest absolute Gasteiger partial charge is 0.502 e. The molecule has 1 rings (SSSR count). The van der Waals surface area contributed by atoms with E-state index in [1.54, 1.807) is 0 Å². The summed E-state index contributed by atoms with van der Waals surface area (Å²) in [5.41, 5.74) is 0.780. The fraction of sp³-hybridized carbons (Fsp3) is 0. The Balaban J connectivity index is 2.80. The van der Waals surface area contributed by atoms with E-state index in [1.165, 1.54) is 18.3 Å². The van der Waals surface area contributed by atoms with Gasteiger partial charge in [-0.2, -0.15) is 0 Å². The van der Waals surface area contributed by atoms with Crippen LogP contribution in [0.1, 0.15) is 11.3 Å². The second-order valence-corrected chi connectivity index (χ2v) is 2.60. The molecule has 0 unspecified atom stereocenters. The first kappa shape index (κ1) is 10.4. The van der Waals surface area contributed by atoms with Gasteiger partial charge in [-0.3, -0.25) is 4.98 Å². The normalized spacial score (nSPS) is 11.6. The number of hydrogen-bond acceptors (Lipinski definition) is 1. The maximum Gasteiger partial charge on any atom is 0.502 e. The second-order valence-electron chi connectivity index (χ2n) is 2.60. The molecule has 72 valence electrons. The highest BCUT2D eigenvalue weighted by atomic mass is 19.4. The molecule has 0 N–H and O–H groups in total. The van der Waals surface area contributed by atoms with Crippen LogP contribution in [0, 0.1) is 12.3 Å². The molecule has 0 aromatic carbocycles. The predicted octanol–water partition coefficient (Wildman–Crippen LogP) is 2.46. The van der Waals surface area contributed by atoms with Crippen molar-refractivity contribution in [3.8, 4) is 12.3 Å². The van der Waals surface area contributed by atoms with Crippen LogP contribution in [0.15, 0.2) is 24.3 Å². The second kappa shape index (κ2) is 4.01. The van der Waals surface area contributed by atoms with E-state index in [-0.39, 0.29) is 11.7 Å². The molecule has 5 heteroatoms. The van der Waals surface area contributed by atoms with Gasteiger partial charge in [0.15, 0.2) is 0 Å². The summed E-state index contributed by atoms with van der Waals surface area (Å²) in [4.78, 5) is 3.73. The molecular formula is C9H6BF3N-. The maximum absolute atomic E-state index is 11.8. The van der Waals surface area contributed by atoms with Crippen LogP contribution >= 0.6 is 0 Å². The molecule has 0 atom stereocenters. The van der Waals surface area contributed by atoms with E-state index >= 15 is 0 Å². The molecule has 0 aliphatic rings. The van der Waals surface area contributed by atoms with Crippen LogP contribution in [0.3, 0.4) is 0 Å². The Labute approximate surface area is 79.7 Å². The Morgan fingerprint density at radius 2 is 2.07 bits per heavy atom. The van der Waals surface area contributed by atoms with E-state index in [1.807, 2.05) is 0 Å². The van der Waals surface area contributed by atoms with Crippen LogP contribution in [-0.2, 0) is 0 Å². The van der Waals surface area contributed by atoms with Gasteiger partial charge in [-0.05, 0) is 12.1 Å². The van der Waals surface area contributed by atoms with Crippen molar-refractivity contribution < 1.29 is 12.9 Å². The Morgan fingerprint density at radius 1 is 1.36 bits per heavy atom. The molecule has 0 spiro atoms. The monoisotopic (exact) mass is 196 g/mol. The fourth-order valence-corrected chi connectivity index (χ4v) is 0.797. The lowest BCUT2D eigenvalue weighted by atomic mass is 9.91. The highest BCUT2D eigenvalue weighted by Gasteiger charge is 2.16. The highest BCUT2D eigenvalue weighted by Crippen LogP contribution is 2.11. The third kappa shape index (κ3) is 3.36. The van der Waals surface area contributed by atoms with Gasteiger partial charge in [-0.1, -0.05) is 12.0 Å². The Morgan fingerprint density at radius 3 is 2.50 bits per heavy atom. The van der Waals surface area contributed by atoms with E-state index in [0.717, 1.165) is 6.08 Å². The number of terminal acetylenes is 1. The van der Waals surface area contributed by atoms with Gasteiger partial charge in [0.25, 0.3) is 0 Å². The Kier molecular flexibility index (Phi) is 2.97. The van der Waals surface area contributed by atoms with E-state index in [4.69, 9.17) is 6.42 Å². The lowest BCUT2D eigenvalue weighted by Crippen LogP contribution is -2.09. The molecule has 0 aliphatic carbocycles. The zero-order valence-corrected chi connectivity index (χ0v) is 7.12. The minimum atomic E-state index is -4.90. The van der Waals surface area contributed by atoms with Crippen LogP contribution in [0.4, 0.5) is 12.9 Å². The summed E-state index contributed by atoms with van der Waals surface area (Å²) >= 11 is 0. The van der Waals surface area contributed by atoms with Gasteiger partial charge in [0.2, 0.25) is 0 Å². The molecule has 0 radical (unpaired) electrons. The topological polar surface area (TPSA) is 12.9 Å². The van der Waals surface area contributed by atoms with Gasteiger partial charge in [-0.15, -0.1) is 12.4 Å². The average molecular weight is 196 g/mol. The highest BCUT2D eigenvalue weighted by molar-refractivity contribution is 6.64. The number of halogens is 3. The maximum atomic E-state index is 11.8. The van der Waals surface area contributed by atoms with Crippen LogP contribution in [-0.4, -0.2) is 12.0 Å². The van der Waals surface area contributed by atoms with Gasteiger partial charge in [0.05, 0.1) is 5.69 Å². The van der Waals surface area contributed by atoms with Crippen molar-refractivity contribution in [2.75, 3.05) is 0 Å². The quantitative estimate of drug-likeness (QED) is 0.522. The zero-order valence-electron chi connectivity index (χ0n) is 7.12. The minimum Gasteiger partial charge on any atom is -0.445 e. The van der Waals surface area contributed by atoms with Gasteiger partial charge in [0.1, 0.15) is 0 Å². The lowest BCUT2D eigenvalue weighted by molar-refractivity contribution is 0.499. The average Bonchev–Trinajstić information content (AvgIpc) is 2.14. The van der Waals surface area contributed by atoms with Crippen molar-refractivity contribution >= 4 is 13.1 Å². The lowest BCUT2D eigenvalue weighted by Gasteiger charge is -2.05. The summed E-state index contributed by atoms with van der Waals surface area (Å²) in [6.45, 7) is -4.90. The van der Waals surface area contributed by atoms with E-state index in [9.17, 15) is 12.9 Å². The fourth-order valence-electron chi connectivity index (χ4n) is 0.797. The summed E-state index contributed by atoms with van der Waals surface area (Å²) in [5, 5.41) is 0. The number of rotatable bonds is 2. The predicted molar refractivity (Wildman–Crippen MR) is 50.3 cm³/mol. The number of nitrogens with zero attached hydrogens (tertiary/aromatic N) is 1. The Hall–Kier alpha value is -1.70. The zero-order chi connectivity index (χ0) is 10.6. The smallest absolute Gasteiger partial charge is 0.445 e. The van der Waals surface area contributed by atoms with Crippen molar-refractivity contribution in [3.05, 3.63) is 35.6 Å². The standard InChI is InChI=1S/C9H6BF3N/c1-2-8-3-4-9(14-7-8)5-6-10(11,12)13/h1,3-7H/q-1/b6-5+. The molecule has 1 aromatic heterocycles. The first-order valence-corrected chi connectivity index (χ1v) is 3.83. The molecule has 1 aromatic rings. The van der Waals surface area contributed by atoms with Gasteiger partial charge in [-0.25, -0.2) is 0 Å². The molecule has 0 aliphatic heterocycles. The van der Waals surface area contributed by atoms with Crippen molar-refractivity contribution in [1.82, 2.24) is 4.98 Å². The van der Waals surface area contributed by atoms with E-state index in [0.29, 0.717) is 5.56 Å². The van der Waals surface area contributed by atoms with Crippen molar-refractivity contribution in [3.63, 3.8) is 0 Å². The third-order valence-electron chi connectivity index (χ3n) is 1.44. The molecule has 0 amide bonds. The molecule has 0 fully saturated rings. The number of aromatic nitrogens is 1. The van der Waals surface area contributed by atoms with Gasteiger partial charge < -0.3 is 12.9 Å². The van der Waals surface area contributed by atoms with Crippen LogP contribution < -0.4 is 0 Å². The van der Waals surface area contributed by atoms with E-state index < -0.39 is 6.98 Å². The number of pyridine rings is 1. The summed E-state index contributed by atoms with van der Waals surface area (Å²) in [7, 11) is 0. The molecule has 0 saturated heterocycles. The minimum absolute atomic E-state index is 0.192. The first-order chi connectivity index (χ1) is 6.51. The van der Waals surface area contributed by atoms with Crippen molar-refractivity contribution in [2.45, 2.75) is 0 Å². The summed E-state index contributed by atoms with van der Waals surface area (Å²) < 4.78 is 35.4. The van der Waals surface area contributed by atoms with Gasteiger partial charge >= 0.3 is 6.98 Å². The van der Waals surface area contributed by atoms with Crippen LogP contribution in [0.2, 0.25) is 0 Å². The molecular weight excluding hydrogens is 190 g/mol. The number of hydrogen-bond donors (Lipinski definition) is 0. The molecule has 0 bridgehead atoms. The summed E-state index contributed by atoms with van der Waals surface area (Å²) in [5.74, 6) is 2.51. The molecule has 1 nitrogen and oxygen atoms in total. The molecule has 0 saturated carbocycles. The third-order valence-corrected chi connectivity index (χ3v) is 1.44. The summed E-state index contributed by atoms with van der Waals surface area (Å²) in [6, 6.07) is 2.98. The van der Waals surface area contributed by atoms with Gasteiger partial charge in [0, 0.05) is 11.8 Å². The SMILES string of the molecule is C#Cc1ccc(/C=C/[B-](F)(F)F)nc1. The van der Waals surface area contributed by atoms with Crippen LogP contribution in [0.5, 0.6) is 0 Å². The Bertz CT molecular complexity index is 373. The van der Waals surface area contributed by atoms with E-state index in [2.05, 4.69) is 10.9 Å². The van der Waals surface area contributed by atoms with Crippen molar-refractivity contribution in [2.24, 2.45) is 0 Å². The van der Waals surface area contributed by atoms with Crippen LogP contribution in [0.25, 0.3) is 6.08 Å². The van der Waals surface area contributed by atoms with Crippen molar-refractivity contribution in [1.29, 1.82) is 0 Å². The molecule has 1 heterocycles.